The van der Waals surface area contributed by atoms with Crippen molar-refractivity contribution in [1.82, 2.24) is 9.62 Å². The van der Waals surface area contributed by atoms with Gasteiger partial charge in [0.25, 0.3) is 0 Å². The molecule has 0 saturated carbocycles. The van der Waals surface area contributed by atoms with E-state index < -0.39 is 15.6 Å². The van der Waals surface area contributed by atoms with Gasteiger partial charge in [0.2, 0.25) is 10.0 Å². The quantitative estimate of drug-likeness (QED) is 0.878. The third-order valence-electron chi connectivity index (χ3n) is 4.07. The van der Waals surface area contributed by atoms with Crippen molar-refractivity contribution < 1.29 is 13.2 Å². The van der Waals surface area contributed by atoms with Crippen LogP contribution in [0.1, 0.15) is 12.0 Å². The second-order valence-corrected chi connectivity index (χ2v) is 6.86. The number of hydrogen-bond acceptors (Lipinski definition) is 4. The van der Waals surface area contributed by atoms with E-state index in [0.717, 1.165) is 18.5 Å². The summed E-state index contributed by atoms with van der Waals surface area (Å²) in [6, 6.07) is 7.34. The van der Waals surface area contributed by atoms with Crippen molar-refractivity contribution in [3.63, 3.8) is 0 Å². The minimum Gasteiger partial charge on any atom is -0.383 e. The monoisotopic (exact) mass is 282 g/mol. The zero-order valence-corrected chi connectivity index (χ0v) is 11.7. The number of nitrogens with one attached hydrogen (secondary N) is 1. The maximum atomic E-state index is 12.7. The topological polar surface area (TPSA) is 58.6 Å². The maximum absolute atomic E-state index is 12.7. The van der Waals surface area contributed by atoms with Crippen LogP contribution in [0, 0.1) is 0 Å². The van der Waals surface area contributed by atoms with Gasteiger partial charge in [0.1, 0.15) is 0 Å². The minimum atomic E-state index is -3.40. The SMILES string of the molecule is COCCN1C2(CCNC2)c2ccccc2S1(=O)=O. The van der Waals surface area contributed by atoms with Crippen LogP contribution in [-0.2, 0) is 20.3 Å². The van der Waals surface area contributed by atoms with Gasteiger partial charge in [-0.25, -0.2) is 8.42 Å². The Balaban J connectivity index is 2.14. The van der Waals surface area contributed by atoms with E-state index in [9.17, 15) is 8.42 Å². The molecule has 5 nitrogen and oxygen atoms in total. The largest absolute Gasteiger partial charge is 0.383 e. The number of nitrogens with zero attached hydrogens (tertiary/aromatic N) is 1. The van der Waals surface area contributed by atoms with Crippen molar-refractivity contribution in [3.05, 3.63) is 29.8 Å². The number of methoxy groups -OCH3 is 1. The van der Waals surface area contributed by atoms with Crippen molar-refractivity contribution in [2.45, 2.75) is 16.9 Å². The molecule has 1 aromatic rings. The first kappa shape index (κ1) is 13.1. The molecule has 1 atom stereocenters. The van der Waals surface area contributed by atoms with Crippen molar-refractivity contribution in [3.8, 4) is 0 Å². The molecule has 0 bridgehead atoms. The normalized spacial score (nSPS) is 28.9. The lowest BCUT2D eigenvalue weighted by atomic mass is 9.89. The molecule has 104 valence electrons. The van der Waals surface area contributed by atoms with Crippen LogP contribution in [-0.4, -0.2) is 46.1 Å². The van der Waals surface area contributed by atoms with Gasteiger partial charge in [0.05, 0.1) is 17.0 Å². The number of rotatable bonds is 3. The Morgan fingerprint density at radius 3 is 2.89 bits per heavy atom. The Labute approximate surface area is 113 Å². The molecule has 2 heterocycles. The van der Waals surface area contributed by atoms with Crippen molar-refractivity contribution in [1.29, 1.82) is 0 Å². The highest BCUT2D eigenvalue weighted by molar-refractivity contribution is 7.89. The summed E-state index contributed by atoms with van der Waals surface area (Å²) in [6.45, 7) is 2.32. The van der Waals surface area contributed by atoms with Crippen LogP contribution in [0.3, 0.4) is 0 Å². The maximum Gasteiger partial charge on any atom is 0.244 e. The highest BCUT2D eigenvalue weighted by Crippen LogP contribution is 2.47. The van der Waals surface area contributed by atoms with Crippen LogP contribution in [0.2, 0.25) is 0 Å². The fourth-order valence-electron chi connectivity index (χ4n) is 3.19. The summed E-state index contributed by atoms with van der Waals surface area (Å²) in [7, 11) is -1.80. The van der Waals surface area contributed by atoms with Crippen LogP contribution in [0.25, 0.3) is 0 Å². The molecule has 1 fully saturated rings. The van der Waals surface area contributed by atoms with Gasteiger partial charge >= 0.3 is 0 Å². The number of ether oxygens (including phenoxy) is 1. The Bertz CT molecular complexity index is 579. The first-order valence-electron chi connectivity index (χ1n) is 6.45. The van der Waals surface area contributed by atoms with Crippen LogP contribution in [0.15, 0.2) is 29.2 Å². The van der Waals surface area contributed by atoms with Gasteiger partial charge in [-0.1, -0.05) is 18.2 Å². The Kier molecular flexibility index (Phi) is 3.13. The summed E-state index contributed by atoms with van der Waals surface area (Å²) in [4.78, 5) is 0.454. The second kappa shape index (κ2) is 4.56. The first-order chi connectivity index (χ1) is 9.13. The minimum absolute atomic E-state index is 0.398. The fourth-order valence-corrected chi connectivity index (χ4v) is 5.24. The Morgan fingerprint density at radius 1 is 1.42 bits per heavy atom. The van der Waals surface area contributed by atoms with E-state index in [-0.39, 0.29) is 0 Å². The summed E-state index contributed by atoms with van der Waals surface area (Å²) < 4.78 is 32.1. The lowest BCUT2D eigenvalue weighted by Crippen LogP contribution is -2.46. The van der Waals surface area contributed by atoms with Crippen molar-refractivity contribution >= 4 is 10.0 Å². The summed E-state index contributed by atoms with van der Waals surface area (Å²) >= 11 is 0. The highest BCUT2D eigenvalue weighted by atomic mass is 32.2. The molecule has 1 N–H and O–H groups in total. The molecular formula is C13H18N2O3S. The molecule has 3 rings (SSSR count). The van der Waals surface area contributed by atoms with E-state index in [1.54, 1.807) is 23.5 Å². The molecule has 6 heteroatoms. The van der Waals surface area contributed by atoms with Gasteiger partial charge in [0, 0.05) is 20.2 Å². The average Bonchev–Trinajstić information content (AvgIpc) is 2.95. The van der Waals surface area contributed by atoms with Crippen LogP contribution in [0.5, 0.6) is 0 Å². The zero-order valence-electron chi connectivity index (χ0n) is 10.9. The smallest absolute Gasteiger partial charge is 0.244 e. The van der Waals surface area contributed by atoms with E-state index >= 15 is 0 Å². The Morgan fingerprint density at radius 2 is 2.21 bits per heavy atom. The summed E-state index contributed by atoms with van der Waals surface area (Å²) in [5.74, 6) is 0. The van der Waals surface area contributed by atoms with E-state index in [4.69, 9.17) is 4.74 Å². The predicted octanol–water partition coefficient (Wildman–Crippen LogP) is 0.526. The molecule has 0 amide bonds. The molecule has 0 aromatic heterocycles. The van der Waals surface area contributed by atoms with E-state index in [0.29, 0.717) is 24.6 Å². The molecule has 2 aliphatic rings. The van der Waals surface area contributed by atoms with E-state index in [2.05, 4.69) is 5.32 Å². The Hall–Kier alpha value is -0.950. The number of hydrogen-bond donors (Lipinski definition) is 1. The lowest BCUT2D eigenvalue weighted by Gasteiger charge is -2.33. The van der Waals surface area contributed by atoms with Gasteiger partial charge < -0.3 is 10.1 Å². The molecule has 1 saturated heterocycles. The lowest BCUT2D eigenvalue weighted by molar-refractivity contribution is 0.138. The molecule has 0 aliphatic carbocycles. The molecule has 2 aliphatic heterocycles. The van der Waals surface area contributed by atoms with Crippen molar-refractivity contribution in [2.24, 2.45) is 0 Å². The van der Waals surface area contributed by atoms with Crippen LogP contribution >= 0.6 is 0 Å². The molecular weight excluding hydrogens is 264 g/mol. The van der Waals surface area contributed by atoms with E-state index in [1.807, 2.05) is 12.1 Å². The standard InChI is InChI=1S/C13H18N2O3S/c1-18-9-8-15-13(6-7-14-10-13)11-4-2-3-5-12(11)19(15,16)17/h2-5,14H,6-10H2,1H3. The summed E-state index contributed by atoms with van der Waals surface area (Å²) in [6.07, 6.45) is 0.812. The fraction of sp³-hybridized carbons (Fsp3) is 0.538. The number of fused-ring (bicyclic) bond motifs is 2. The summed E-state index contributed by atoms with van der Waals surface area (Å²) in [5.41, 5.74) is 0.504. The number of benzene rings is 1. The molecule has 0 radical (unpaired) electrons. The first-order valence-corrected chi connectivity index (χ1v) is 7.89. The van der Waals surface area contributed by atoms with Crippen molar-refractivity contribution in [2.75, 3.05) is 33.4 Å². The molecule has 1 unspecified atom stereocenters. The second-order valence-electron chi connectivity index (χ2n) is 5.02. The zero-order chi connectivity index (χ0) is 13.5. The average molecular weight is 282 g/mol. The highest BCUT2D eigenvalue weighted by Gasteiger charge is 2.54. The van der Waals surface area contributed by atoms with E-state index in [1.165, 1.54) is 0 Å². The third kappa shape index (κ3) is 1.74. The molecule has 1 aromatic carbocycles. The van der Waals surface area contributed by atoms with Gasteiger partial charge in [-0.05, 0) is 24.6 Å². The van der Waals surface area contributed by atoms with Gasteiger partial charge in [-0.3, -0.25) is 0 Å². The van der Waals surface area contributed by atoms with Crippen LogP contribution < -0.4 is 5.32 Å². The van der Waals surface area contributed by atoms with Gasteiger partial charge in [0.15, 0.2) is 0 Å². The number of sulfonamides is 1. The van der Waals surface area contributed by atoms with Gasteiger partial charge in [-0.15, -0.1) is 0 Å². The summed E-state index contributed by atoms with van der Waals surface area (Å²) in [5, 5.41) is 3.29. The van der Waals surface area contributed by atoms with Crippen LogP contribution in [0.4, 0.5) is 0 Å². The molecule has 1 spiro atoms. The third-order valence-corrected chi connectivity index (χ3v) is 6.09. The molecule has 19 heavy (non-hydrogen) atoms. The van der Waals surface area contributed by atoms with Gasteiger partial charge in [-0.2, -0.15) is 4.31 Å². The predicted molar refractivity (Wildman–Crippen MR) is 71.4 cm³/mol.